The number of hydrogen-bond donors (Lipinski definition) is 0. The number of alkyl halides is 3. The SMILES string of the molecule is O=c1c(-c2ccc(Br)cc2)c(C(F)(F)F)oc2c3c(ccc12)OCN(CCc1ccc(Cl)cc1)C3. The monoisotopic (exact) mass is 563 g/mol. The first-order chi connectivity index (χ1) is 16.7. The number of rotatable bonds is 4. The minimum absolute atomic E-state index is 0.0813. The Hall–Kier alpha value is -2.81. The van der Waals surface area contributed by atoms with E-state index >= 15 is 0 Å². The topological polar surface area (TPSA) is 42.7 Å². The van der Waals surface area contributed by atoms with Gasteiger partial charge in [0.15, 0.2) is 0 Å². The third-order valence-electron chi connectivity index (χ3n) is 5.93. The van der Waals surface area contributed by atoms with Gasteiger partial charge in [-0.2, -0.15) is 13.2 Å². The van der Waals surface area contributed by atoms with Crippen LogP contribution in [0.4, 0.5) is 13.2 Å². The highest BCUT2D eigenvalue weighted by Crippen LogP contribution is 2.40. The molecule has 0 atom stereocenters. The molecule has 4 nitrogen and oxygen atoms in total. The molecule has 0 aliphatic carbocycles. The van der Waals surface area contributed by atoms with E-state index in [1.54, 1.807) is 18.2 Å². The molecular formula is C26H18BrClF3NO3. The van der Waals surface area contributed by atoms with Crippen LogP contribution in [-0.2, 0) is 19.1 Å². The molecule has 9 heteroatoms. The van der Waals surface area contributed by atoms with Crippen molar-refractivity contribution >= 4 is 38.5 Å². The van der Waals surface area contributed by atoms with Gasteiger partial charge in [-0.05, 0) is 53.9 Å². The number of nitrogens with zero attached hydrogens (tertiary/aromatic N) is 1. The van der Waals surface area contributed by atoms with Gasteiger partial charge in [0.2, 0.25) is 11.2 Å². The lowest BCUT2D eigenvalue weighted by molar-refractivity contribution is -0.152. The van der Waals surface area contributed by atoms with Crippen molar-refractivity contribution < 1.29 is 22.3 Å². The van der Waals surface area contributed by atoms with Crippen LogP contribution in [0, 0.1) is 0 Å². The van der Waals surface area contributed by atoms with E-state index in [1.807, 2.05) is 29.2 Å². The summed E-state index contributed by atoms with van der Waals surface area (Å²) in [5.74, 6) is -0.906. The molecule has 0 spiro atoms. The van der Waals surface area contributed by atoms with Crippen LogP contribution in [0.1, 0.15) is 16.9 Å². The van der Waals surface area contributed by atoms with Gasteiger partial charge in [-0.3, -0.25) is 9.69 Å². The van der Waals surface area contributed by atoms with Crippen LogP contribution in [0.3, 0.4) is 0 Å². The highest BCUT2D eigenvalue weighted by atomic mass is 79.9. The molecule has 1 aliphatic rings. The van der Waals surface area contributed by atoms with Crippen LogP contribution >= 0.6 is 27.5 Å². The molecule has 0 unspecified atom stereocenters. The average molecular weight is 565 g/mol. The van der Waals surface area contributed by atoms with Gasteiger partial charge in [0.05, 0.1) is 16.5 Å². The summed E-state index contributed by atoms with van der Waals surface area (Å²) >= 11 is 9.20. The van der Waals surface area contributed by atoms with Gasteiger partial charge in [-0.15, -0.1) is 0 Å². The second kappa shape index (κ2) is 9.33. The van der Waals surface area contributed by atoms with Crippen molar-refractivity contribution in [2.45, 2.75) is 19.1 Å². The zero-order valence-electron chi connectivity index (χ0n) is 18.2. The summed E-state index contributed by atoms with van der Waals surface area (Å²) in [6.07, 6.45) is -4.16. The third kappa shape index (κ3) is 4.83. The van der Waals surface area contributed by atoms with E-state index in [4.69, 9.17) is 20.8 Å². The van der Waals surface area contributed by atoms with Crippen LogP contribution in [0.2, 0.25) is 5.02 Å². The molecule has 180 valence electrons. The smallest absolute Gasteiger partial charge is 0.450 e. The molecule has 3 aromatic carbocycles. The first-order valence-corrected chi connectivity index (χ1v) is 11.9. The van der Waals surface area contributed by atoms with Crippen molar-refractivity contribution in [3.8, 4) is 16.9 Å². The third-order valence-corrected chi connectivity index (χ3v) is 6.71. The molecule has 0 radical (unpaired) electrons. The Labute approximate surface area is 212 Å². The zero-order chi connectivity index (χ0) is 24.7. The number of benzene rings is 3. The van der Waals surface area contributed by atoms with Crippen molar-refractivity contribution in [3.05, 3.63) is 97.3 Å². The normalized spacial score (nSPS) is 14.1. The van der Waals surface area contributed by atoms with E-state index in [-0.39, 0.29) is 29.8 Å². The maximum atomic E-state index is 14.1. The minimum Gasteiger partial charge on any atom is -0.478 e. The Balaban J connectivity index is 1.56. The van der Waals surface area contributed by atoms with Crippen LogP contribution in [0.25, 0.3) is 22.1 Å². The molecule has 35 heavy (non-hydrogen) atoms. The molecule has 0 bridgehead atoms. The predicted octanol–water partition coefficient (Wildman–Crippen LogP) is 7.29. The first-order valence-electron chi connectivity index (χ1n) is 10.8. The van der Waals surface area contributed by atoms with Crippen LogP contribution in [-0.4, -0.2) is 18.2 Å². The average Bonchev–Trinajstić information content (AvgIpc) is 2.83. The quantitative estimate of drug-likeness (QED) is 0.261. The Morgan fingerprint density at radius 3 is 2.40 bits per heavy atom. The Morgan fingerprint density at radius 2 is 1.71 bits per heavy atom. The Morgan fingerprint density at radius 1 is 1.00 bits per heavy atom. The summed E-state index contributed by atoms with van der Waals surface area (Å²) in [5.41, 5.74) is 0.292. The summed E-state index contributed by atoms with van der Waals surface area (Å²) in [6, 6.07) is 16.6. The van der Waals surface area contributed by atoms with Gasteiger partial charge in [0.1, 0.15) is 18.1 Å². The van der Waals surface area contributed by atoms with Crippen LogP contribution in [0.5, 0.6) is 5.75 Å². The van der Waals surface area contributed by atoms with Crippen molar-refractivity contribution in [1.29, 1.82) is 0 Å². The van der Waals surface area contributed by atoms with E-state index in [1.165, 1.54) is 18.2 Å². The van der Waals surface area contributed by atoms with Gasteiger partial charge in [-0.1, -0.05) is 51.8 Å². The van der Waals surface area contributed by atoms with Crippen molar-refractivity contribution in [2.75, 3.05) is 13.3 Å². The largest absolute Gasteiger partial charge is 0.478 e. The minimum atomic E-state index is -4.86. The van der Waals surface area contributed by atoms with Gasteiger partial charge in [0.25, 0.3) is 0 Å². The fourth-order valence-electron chi connectivity index (χ4n) is 4.17. The summed E-state index contributed by atoms with van der Waals surface area (Å²) in [7, 11) is 0. The lowest BCUT2D eigenvalue weighted by Gasteiger charge is -2.29. The maximum absolute atomic E-state index is 14.1. The van der Waals surface area contributed by atoms with Gasteiger partial charge in [0, 0.05) is 22.6 Å². The molecule has 5 rings (SSSR count). The first kappa shape index (κ1) is 23.9. The van der Waals surface area contributed by atoms with Crippen molar-refractivity contribution in [1.82, 2.24) is 4.90 Å². The second-order valence-electron chi connectivity index (χ2n) is 8.26. The zero-order valence-corrected chi connectivity index (χ0v) is 20.5. The molecule has 2 heterocycles. The standard InChI is InChI=1S/C26H18BrClF3NO3/c27-17-5-3-16(4-6-17)22-23(33)19-9-10-21-20(24(19)35-25(22)26(29,30)31)13-32(14-34-21)12-11-15-1-7-18(28)8-2-15/h1-10H,11-14H2. The number of halogens is 5. The highest BCUT2D eigenvalue weighted by Gasteiger charge is 2.40. The summed E-state index contributed by atoms with van der Waals surface area (Å²) in [5, 5.41) is 0.728. The van der Waals surface area contributed by atoms with E-state index in [0.29, 0.717) is 33.8 Å². The fraction of sp³-hybridized carbons (Fsp3) is 0.192. The van der Waals surface area contributed by atoms with Crippen LogP contribution < -0.4 is 10.2 Å². The molecule has 0 N–H and O–H groups in total. The predicted molar refractivity (Wildman–Crippen MR) is 132 cm³/mol. The van der Waals surface area contributed by atoms with Crippen molar-refractivity contribution in [2.24, 2.45) is 0 Å². The van der Waals surface area contributed by atoms with Gasteiger partial charge < -0.3 is 9.15 Å². The second-order valence-corrected chi connectivity index (χ2v) is 9.61. The Kier molecular flexibility index (Phi) is 6.38. The fourth-order valence-corrected chi connectivity index (χ4v) is 4.56. The molecule has 0 fully saturated rings. The van der Waals surface area contributed by atoms with E-state index < -0.39 is 22.9 Å². The van der Waals surface area contributed by atoms with E-state index in [0.717, 1.165) is 5.56 Å². The highest BCUT2D eigenvalue weighted by molar-refractivity contribution is 9.10. The number of fused-ring (bicyclic) bond motifs is 3. The van der Waals surface area contributed by atoms with E-state index in [9.17, 15) is 18.0 Å². The molecule has 4 aromatic rings. The van der Waals surface area contributed by atoms with Crippen molar-refractivity contribution in [3.63, 3.8) is 0 Å². The molecule has 1 aromatic heterocycles. The molecule has 1 aliphatic heterocycles. The molecule has 0 amide bonds. The Bertz CT molecular complexity index is 1450. The summed E-state index contributed by atoms with van der Waals surface area (Å²) in [6.45, 7) is 1.17. The summed E-state index contributed by atoms with van der Waals surface area (Å²) < 4.78 is 54.2. The van der Waals surface area contributed by atoms with Gasteiger partial charge in [-0.25, -0.2) is 0 Å². The van der Waals surface area contributed by atoms with E-state index in [2.05, 4.69) is 15.9 Å². The maximum Gasteiger partial charge on any atom is 0.450 e. The molecule has 0 saturated carbocycles. The number of hydrogen-bond acceptors (Lipinski definition) is 4. The molecular weight excluding hydrogens is 547 g/mol. The van der Waals surface area contributed by atoms with Gasteiger partial charge >= 0.3 is 6.18 Å². The molecule has 0 saturated heterocycles. The lowest BCUT2D eigenvalue weighted by Crippen LogP contribution is -2.34. The van der Waals surface area contributed by atoms with Crippen LogP contribution in [0.15, 0.2) is 74.3 Å². The summed E-state index contributed by atoms with van der Waals surface area (Å²) in [4.78, 5) is 15.3. The number of ether oxygens (including phenoxy) is 1. The lowest BCUT2D eigenvalue weighted by atomic mass is 10.00.